The van der Waals surface area contributed by atoms with Gasteiger partial charge in [-0.15, -0.1) is 0 Å². The molecule has 0 aromatic rings. The van der Waals surface area contributed by atoms with Gasteiger partial charge in [0, 0.05) is 31.2 Å². The minimum atomic E-state index is -0.0699. The first-order valence-corrected chi connectivity index (χ1v) is 7.39. The second-order valence-electron chi connectivity index (χ2n) is 6.42. The van der Waals surface area contributed by atoms with Crippen LogP contribution in [-0.4, -0.2) is 44.0 Å². The maximum Gasteiger partial charge on any atom is 0.127 e. The SMILES string of the molecule is CC1CCC(C=O)(CN(C)C2CCOCC2)CC1. The van der Waals surface area contributed by atoms with Gasteiger partial charge >= 0.3 is 0 Å². The summed E-state index contributed by atoms with van der Waals surface area (Å²) in [7, 11) is 2.18. The Labute approximate surface area is 111 Å². The predicted molar refractivity (Wildman–Crippen MR) is 72.6 cm³/mol. The number of carbonyl (C=O) groups excluding carboxylic acids is 1. The smallest absolute Gasteiger partial charge is 0.127 e. The van der Waals surface area contributed by atoms with Gasteiger partial charge in [-0.25, -0.2) is 0 Å². The standard InChI is InChI=1S/C15H27NO2/c1-13-3-7-15(12-17,8-4-13)11-16(2)14-5-9-18-10-6-14/h12-14H,3-11H2,1-2H3. The fourth-order valence-electron chi connectivity index (χ4n) is 3.40. The van der Waals surface area contributed by atoms with E-state index in [9.17, 15) is 4.79 Å². The summed E-state index contributed by atoms with van der Waals surface area (Å²) in [5.74, 6) is 0.798. The van der Waals surface area contributed by atoms with Crippen LogP contribution in [0.15, 0.2) is 0 Å². The fraction of sp³-hybridized carbons (Fsp3) is 0.933. The third kappa shape index (κ3) is 3.33. The molecule has 0 unspecified atom stereocenters. The Balaban J connectivity index is 1.90. The van der Waals surface area contributed by atoms with Gasteiger partial charge in [0.1, 0.15) is 6.29 Å². The Bertz CT molecular complexity index is 266. The van der Waals surface area contributed by atoms with Crippen molar-refractivity contribution in [3.63, 3.8) is 0 Å². The lowest BCUT2D eigenvalue weighted by molar-refractivity contribution is -0.120. The molecule has 0 bridgehead atoms. The number of nitrogens with zero attached hydrogens (tertiary/aromatic N) is 1. The molecule has 2 aliphatic rings. The van der Waals surface area contributed by atoms with Gasteiger partial charge in [0.2, 0.25) is 0 Å². The maximum absolute atomic E-state index is 11.6. The highest BCUT2D eigenvalue weighted by molar-refractivity contribution is 5.60. The number of carbonyl (C=O) groups is 1. The maximum atomic E-state index is 11.6. The van der Waals surface area contributed by atoms with Crippen molar-refractivity contribution in [3.8, 4) is 0 Å². The molecule has 0 atom stereocenters. The highest BCUT2D eigenvalue weighted by Gasteiger charge is 2.36. The molecule has 0 spiro atoms. The first-order chi connectivity index (χ1) is 8.65. The van der Waals surface area contributed by atoms with E-state index in [2.05, 4.69) is 18.9 Å². The first kappa shape index (κ1) is 14.0. The van der Waals surface area contributed by atoms with Crippen LogP contribution in [0.2, 0.25) is 0 Å². The van der Waals surface area contributed by atoms with Gasteiger partial charge in [0.05, 0.1) is 0 Å². The molecule has 3 nitrogen and oxygen atoms in total. The van der Waals surface area contributed by atoms with E-state index in [0.717, 1.165) is 51.4 Å². The van der Waals surface area contributed by atoms with Crippen molar-refractivity contribution >= 4 is 6.29 Å². The molecule has 18 heavy (non-hydrogen) atoms. The van der Waals surface area contributed by atoms with E-state index in [-0.39, 0.29) is 5.41 Å². The van der Waals surface area contributed by atoms with Crippen molar-refractivity contribution in [2.45, 2.75) is 51.5 Å². The molecule has 1 saturated carbocycles. The van der Waals surface area contributed by atoms with Gasteiger partial charge in [-0.2, -0.15) is 0 Å². The number of ether oxygens (including phenoxy) is 1. The van der Waals surface area contributed by atoms with Crippen molar-refractivity contribution in [2.75, 3.05) is 26.8 Å². The Hall–Kier alpha value is -0.410. The van der Waals surface area contributed by atoms with Gasteiger partial charge in [-0.3, -0.25) is 0 Å². The second-order valence-corrected chi connectivity index (χ2v) is 6.42. The summed E-state index contributed by atoms with van der Waals surface area (Å²) in [6.07, 6.45) is 8.04. The number of hydrogen-bond acceptors (Lipinski definition) is 3. The third-order valence-corrected chi connectivity index (χ3v) is 4.90. The lowest BCUT2D eigenvalue weighted by atomic mass is 9.71. The average Bonchev–Trinajstić information content (AvgIpc) is 2.43. The predicted octanol–water partition coefficient (Wildman–Crippen LogP) is 2.49. The molecule has 0 aromatic carbocycles. The van der Waals surface area contributed by atoms with Crippen molar-refractivity contribution in [1.29, 1.82) is 0 Å². The van der Waals surface area contributed by atoms with Crippen LogP contribution < -0.4 is 0 Å². The van der Waals surface area contributed by atoms with Crippen LogP contribution in [0.3, 0.4) is 0 Å². The Morgan fingerprint density at radius 1 is 1.22 bits per heavy atom. The van der Waals surface area contributed by atoms with Crippen LogP contribution in [0.5, 0.6) is 0 Å². The highest BCUT2D eigenvalue weighted by atomic mass is 16.5. The summed E-state index contributed by atoms with van der Waals surface area (Å²) in [5, 5.41) is 0. The molecular weight excluding hydrogens is 226 g/mol. The molecule has 2 rings (SSSR count). The zero-order chi connectivity index (χ0) is 13.0. The van der Waals surface area contributed by atoms with E-state index in [1.54, 1.807) is 0 Å². The van der Waals surface area contributed by atoms with Crippen LogP contribution >= 0.6 is 0 Å². The van der Waals surface area contributed by atoms with E-state index in [1.807, 2.05) is 0 Å². The molecule has 0 aromatic heterocycles. The van der Waals surface area contributed by atoms with E-state index < -0.39 is 0 Å². The molecule has 1 aliphatic heterocycles. The molecule has 1 heterocycles. The number of aldehydes is 1. The zero-order valence-corrected chi connectivity index (χ0v) is 11.9. The summed E-state index contributed by atoms with van der Waals surface area (Å²) in [4.78, 5) is 14.0. The highest BCUT2D eigenvalue weighted by Crippen LogP contribution is 2.38. The van der Waals surface area contributed by atoms with Crippen molar-refractivity contribution in [2.24, 2.45) is 11.3 Å². The monoisotopic (exact) mass is 253 g/mol. The second kappa shape index (κ2) is 6.16. The summed E-state index contributed by atoms with van der Waals surface area (Å²) in [5.41, 5.74) is -0.0699. The van der Waals surface area contributed by atoms with Gasteiger partial charge < -0.3 is 14.4 Å². The summed E-state index contributed by atoms with van der Waals surface area (Å²) < 4.78 is 5.41. The topological polar surface area (TPSA) is 29.5 Å². The lowest BCUT2D eigenvalue weighted by Gasteiger charge is -2.41. The van der Waals surface area contributed by atoms with E-state index in [4.69, 9.17) is 4.74 Å². The van der Waals surface area contributed by atoms with Gasteiger partial charge in [0.15, 0.2) is 0 Å². The largest absolute Gasteiger partial charge is 0.381 e. The van der Waals surface area contributed by atoms with Gasteiger partial charge in [0.25, 0.3) is 0 Å². The van der Waals surface area contributed by atoms with Crippen LogP contribution in [0.1, 0.15) is 45.4 Å². The number of rotatable bonds is 4. The Morgan fingerprint density at radius 3 is 2.39 bits per heavy atom. The average molecular weight is 253 g/mol. The third-order valence-electron chi connectivity index (χ3n) is 4.90. The van der Waals surface area contributed by atoms with Crippen LogP contribution in [0, 0.1) is 11.3 Å². The molecule has 0 N–H and O–H groups in total. The fourth-order valence-corrected chi connectivity index (χ4v) is 3.40. The molecule has 1 aliphatic carbocycles. The lowest BCUT2D eigenvalue weighted by Crippen LogP contribution is -2.45. The normalized spacial score (nSPS) is 34.7. The van der Waals surface area contributed by atoms with Crippen molar-refractivity contribution in [1.82, 2.24) is 4.90 Å². The van der Waals surface area contributed by atoms with E-state index in [1.165, 1.54) is 19.1 Å². The van der Waals surface area contributed by atoms with Gasteiger partial charge in [-0.05, 0) is 51.5 Å². The summed E-state index contributed by atoms with van der Waals surface area (Å²) in [6.45, 7) is 4.99. The van der Waals surface area contributed by atoms with E-state index in [0.29, 0.717) is 6.04 Å². The molecule has 2 fully saturated rings. The van der Waals surface area contributed by atoms with Crippen LogP contribution in [0.4, 0.5) is 0 Å². The molecule has 1 saturated heterocycles. The Morgan fingerprint density at radius 2 is 1.83 bits per heavy atom. The molecule has 0 amide bonds. The minimum Gasteiger partial charge on any atom is -0.381 e. The van der Waals surface area contributed by atoms with Crippen molar-refractivity contribution < 1.29 is 9.53 Å². The van der Waals surface area contributed by atoms with Gasteiger partial charge in [-0.1, -0.05) is 6.92 Å². The first-order valence-electron chi connectivity index (χ1n) is 7.39. The molecule has 0 radical (unpaired) electrons. The number of hydrogen-bond donors (Lipinski definition) is 0. The molecule has 3 heteroatoms. The minimum absolute atomic E-state index is 0.0699. The zero-order valence-electron chi connectivity index (χ0n) is 11.9. The quantitative estimate of drug-likeness (QED) is 0.721. The molecule has 104 valence electrons. The van der Waals surface area contributed by atoms with Crippen LogP contribution in [0.25, 0.3) is 0 Å². The van der Waals surface area contributed by atoms with Crippen LogP contribution in [-0.2, 0) is 9.53 Å². The van der Waals surface area contributed by atoms with Crippen molar-refractivity contribution in [3.05, 3.63) is 0 Å². The molecular formula is C15H27NO2. The summed E-state index contributed by atoms with van der Waals surface area (Å²) >= 11 is 0. The van der Waals surface area contributed by atoms with E-state index >= 15 is 0 Å². The summed E-state index contributed by atoms with van der Waals surface area (Å²) in [6, 6.07) is 0.606. The Kier molecular flexibility index (Phi) is 4.79.